The normalized spacial score (nSPS) is 10.5. The molecule has 0 saturated heterocycles. The first-order valence-electron chi connectivity index (χ1n) is 8.41. The number of nitrogens with zero attached hydrogens (tertiary/aromatic N) is 2. The fourth-order valence-corrected chi connectivity index (χ4v) is 2.77. The molecule has 0 fully saturated rings. The minimum Gasteiger partial charge on any atom is -0.490 e. The molecule has 5 nitrogen and oxygen atoms in total. The van der Waals surface area contributed by atoms with Crippen LogP contribution in [0.4, 0.5) is 0 Å². The van der Waals surface area contributed by atoms with Gasteiger partial charge in [0.2, 0.25) is 0 Å². The van der Waals surface area contributed by atoms with E-state index in [9.17, 15) is 4.79 Å². The van der Waals surface area contributed by atoms with Gasteiger partial charge in [0.25, 0.3) is 0 Å². The van der Waals surface area contributed by atoms with E-state index in [1.807, 2.05) is 12.1 Å². The van der Waals surface area contributed by atoms with Gasteiger partial charge in [-0.1, -0.05) is 24.8 Å². The molecule has 0 radical (unpaired) electrons. The average Bonchev–Trinajstić information content (AvgIpc) is 2.56. The van der Waals surface area contributed by atoms with Crippen LogP contribution in [-0.2, 0) is 12.8 Å². The molecule has 0 unspecified atom stereocenters. The topological polar surface area (TPSA) is 72.3 Å². The minimum absolute atomic E-state index is 0.208. The van der Waals surface area contributed by atoms with E-state index in [2.05, 4.69) is 28.7 Å². The highest BCUT2D eigenvalue weighted by atomic mass is 16.5. The lowest BCUT2D eigenvalue weighted by atomic mass is 10.1. The number of hydrogen-bond donors (Lipinski definition) is 1. The van der Waals surface area contributed by atoms with Crippen LogP contribution in [0.3, 0.4) is 0 Å². The van der Waals surface area contributed by atoms with Gasteiger partial charge < -0.3 is 9.84 Å². The van der Waals surface area contributed by atoms with Crippen LogP contribution in [0.2, 0.25) is 0 Å². The number of aromatic nitrogens is 2. The van der Waals surface area contributed by atoms with Crippen LogP contribution in [0.15, 0.2) is 36.9 Å². The maximum absolute atomic E-state index is 11.2. The van der Waals surface area contributed by atoms with E-state index in [1.165, 1.54) is 5.56 Å². The smallest absolute Gasteiger partial charge is 0.339 e. The van der Waals surface area contributed by atoms with Crippen LogP contribution in [0.1, 0.15) is 46.0 Å². The summed E-state index contributed by atoms with van der Waals surface area (Å²) in [6, 6.07) is 8.08. The van der Waals surface area contributed by atoms with Crippen molar-refractivity contribution in [1.82, 2.24) is 9.97 Å². The summed E-state index contributed by atoms with van der Waals surface area (Å²) >= 11 is 0. The molecule has 25 heavy (non-hydrogen) atoms. The van der Waals surface area contributed by atoms with Crippen molar-refractivity contribution in [3.05, 3.63) is 65.3 Å². The molecule has 1 N–H and O–H groups in total. The van der Waals surface area contributed by atoms with Crippen LogP contribution in [0.5, 0.6) is 5.75 Å². The van der Waals surface area contributed by atoms with E-state index in [-0.39, 0.29) is 5.56 Å². The third-order valence-corrected chi connectivity index (χ3v) is 3.91. The van der Waals surface area contributed by atoms with Gasteiger partial charge in [0, 0.05) is 6.42 Å². The van der Waals surface area contributed by atoms with Crippen LogP contribution in [-0.4, -0.2) is 27.7 Å². The van der Waals surface area contributed by atoms with Gasteiger partial charge in [-0.05, 0) is 50.8 Å². The molecule has 2 aromatic rings. The Bertz CT molecular complexity index is 733. The van der Waals surface area contributed by atoms with Gasteiger partial charge in [-0.2, -0.15) is 0 Å². The standard InChI is InChI=1S/C20H24N2O3/c1-4-12-25-17-10-7-9-16(13-17)8-5-6-11-18-21-14(2)19(20(23)24)15(3)22-18/h4,7,9-10,13H,1,5-6,8,11-12H2,2-3H3,(H,23,24). The number of carboxylic acid groups (broad SMARTS) is 1. The number of unbranched alkanes of at least 4 members (excludes halogenated alkanes) is 1. The first-order valence-corrected chi connectivity index (χ1v) is 8.41. The van der Waals surface area contributed by atoms with Crippen LogP contribution >= 0.6 is 0 Å². The molecule has 5 heteroatoms. The molecule has 0 atom stereocenters. The monoisotopic (exact) mass is 340 g/mol. The number of hydrogen-bond acceptors (Lipinski definition) is 4. The van der Waals surface area contributed by atoms with Crippen molar-refractivity contribution in [1.29, 1.82) is 0 Å². The summed E-state index contributed by atoms with van der Waals surface area (Å²) in [6.07, 6.45) is 5.38. The van der Waals surface area contributed by atoms with Gasteiger partial charge in [-0.3, -0.25) is 0 Å². The molecule has 0 amide bonds. The average molecular weight is 340 g/mol. The van der Waals surface area contributed by atoms with E-state index < -0.39 is 5.97 Å². The largest absolute Gasteiger partial charge is 0.490 e. The highest BCUT2D eigenvalue weighted by molar-refractivity contribution is 5.89. The molecule has 0 spiro atoms. The summed E-state index contributed by atoms with van der Waals surface area (Å²) in [5.41, 5.74) is 2.50. The van der Waals surface area contributed by atoms with Gasteiger partial charge in [-0.15, -0.1) is 0 Å². The highest BCUT2D eigenvalue weighted by Crippen LogP contribution is 2.16. The second kappa shape index (κ2) is 8.97. The summed E-state index contributed by atoms with van der Waals surface area (Å²) in [7, 11) is 0. The molecule has 0 aliphatic heterocycles. The molecule has 1 aromatic heterocycles. The molecule has 0 bridgehead atoms. The van der Waals surface area contributed by atoms with Crippen molar-refractivity contribution in [2.24, 2.45) is 0 Å². The summed E-state index contributed by atoms with van der Waals surface area (Å²) in [5, 5.41) is 9.16. The molecular weight excluding hydrogens is 316 g/mol. The zero-order valence-electron chi connectivity index (χ0n) is 14.8. The predicted octanol–water partition coefficient (Wildman–Crippen LogP) is 3.92. The Morgan fingerprint density at radius 3 is 2.52 bits per heavy atom. The number of benzene rings is 1. The van der Waals surface area contributed by atoms with Crippen molar-refractivity contribution in [3.8, 4) is 5.75 Å². The Labute approximate surface area is 148 Å². The molecule has 0 saturated carbocycles. The Kier molecular flexibility index (Phi) is 6.69. The lowest BCUT2D eigenvalue weighted by Crippen LogP contribution is -2.10. The Morgan fingerprint density at radius 2 is 1.88 bits per heavy atom. The Balaban J connectivity index is 1.87. The van der Waals surface area contributed by atoms with Gasteiger partial charge in [0.1, 0.15) is 23.7 Å². The molecule has 0 aliphatic rings. The number of carboxylic acids is 1. The third kappa shape index (κ3) is 5.41. The first-order chi connectivity index (χ1) is 12.0. The van der Waals surface area contributed by atoms with Crippen molar-refractivity contribution in [3.63, 3.8) is 0 Å². The molecule has 1 aromatic carbocycles. The second-order valence-electron chi connectivity index (χ2n) is 5.94. The third-order valence-electron chi connectivity index (χ3n) is 3.91. The van der Waals surface area contributed by atoms with Gasteiger partial charge in [0.15, 0.2) is 0 Å². The zero-order valence-corrected chi connectivity index (χ0v) is 14.8. The Hall–Kier alpha value is -2.69. The van der Waals surface area contributed by atoms with Crippen molar-refractivity contribution >= 4 is 5.97 Å². The van der Waals surface area contributed by atoms with E-state index in [0.717, 1.165) is 31.4 Å². The van der Waals surface area contributed by atoms with Crippen LogP contribution < -0.4 is 4.74 Å². The first kappa shape index (κ1) is 18.6. The van der Waals surface area contributed by atoms with Gasteiger partial charge in [-0.25, -0.2) is 14.8 Å². The summed E-state index contributed by atoms with van der Waals surface area (Å²) < 4.78 is 5.54. The fraction of sp³-hybridized carbons (Fsp3) is 0.350. The predicted molar refractivity (Wildman–Crippen MR) is 97.2 cm³/mol. The fourth-order valence-electron chi connectivity index (χ4n) is 2.77. The van der Waals surface area contributed by atoms with E-state index in [1.54, 1.807) is 19.9 Å². The van der Waals surface area contributed by atoms with Crippen LogP contribution in [0, 0.1) is 13.8 Å². The van der Waals surface area contributed by atoms with Crippen LogP contribution in [0.25, 0.3) is 0 Å². The zero-order chi connectivity index (χ0) is 18.2. The van der Waals surface area contributed by atoms with E-state index >= 15 is 0 Å². The van der Waals surface area contributed by atoms with Crippen molar-refractivity contribution in [2.45, 2.75) is 39.5 Å². The Morgan fingerprint density at radius 1 is 1.20 bits per heavy atom. The number of rotatable bonds is 9. The second-order valence-corrected chi connectivity index (χ2v) is 5.94. The quantitative estimate of drug-likeness (QED) is 0.553. The molecule has 1 heterocycles. The maximum atomic E-state index is 11.2. The SMILES string of the molecule is C=CCOc1cccc(CCCCc2nc(C)c(C(=O)O)c(C)n2)c1. The molecule has 132 valence electrons. The summed E-state index contributed by atoms with van der Waals surface area (Å²) in [6.45, 7) is 7.59. The minimum atomic E-state index is -0.972. The molecule has 0 aliphatic carbocycles. The maximum Gasteiger partial charge on any atom is 0.339 e. The number of aromatic carboxylic acids is 1. The summed E-state index contributed by atoms with van der Waals surface area (Å²) in [4.78, 5) is 19.8. The molecular formula is C20H24N2O3. The van der Waals surface area contributed by atoms with E-state index in [0.29, 0.717) is 23.8 Å². The van der Waals surface area contributed by atoms with Crippen molar-refractivity contribution in [2.75, 3.05) is 6.61 Å². The van der Waals surface area contributed by atoms with E-state index in [4.69, 9.17) is 9.84 Å². The lowest BCUT2D eigenvalue weighted by molar-refractivity contribution is 0.0694. The highest BCUT2D eigenvalue weighted by Gasteiger charge is 2.14. The molecule has 2 rings (SSSR count). The number of ether oxygens (including phenoxy) is 1. The van der Waals surface area contributed by atoms with Crippen molar-refractivity contribution < 1.29 is 14.6 Å². The number of carbonyl (C=O) groups is 1. The number of aryl methyl sites for hydroxylation is 4. The van der Waals surface area contributed by atoms with Gasteiger partial charge in [0.05, 0.1) is 11.4 Å². The van der Waals surface area contributed by atoms with Gasteiger partial charge >= 0.3 is 5.97 Å². The summed E-state index contributed by atoms with van der Waals surface area (Å²) in [5.74, 6) is 0.597. The lowest BCUT2D eigenvalue weighted by Gasteiger charge is -2.08.